The smallest absolute Gasteiger partial charge is 0.338 e. The van der Waals surface area contributed by atoms with E-state index in [1.807, 2.05) is 0 Å². The van der Waals surface area contributed by atoms with Crippen molar-refractivity contribution in [3.63, 3.8) is 0 Å². The van der Waals surface area contributed by atoms with Crippen LogP contribution in [0.4, 0.5) is 15.8 Å². The maximum Gasteiger partial charge on any atom is 0.338 e. The molecule has 0 atom stereocenters. The summed E-state index contributed by atoms with van der Waals surface area (Å²) in [4.78, 5) is 34.3. The molecule has 1 amide bonds. The summed E-state index contributed by atoms with van der Waals surface area (Å²) in [6.45, 7) is 0. The minimum absolute atomic E-state index is 0.0759. The van der Waals surface area contributed by atoms with Crippen LogP contribution in [0.2, 0.25) is 0 Å². The molecule has 2 aromatic rings. The zero-order valence-corrected chi connectivity index (χ0v) is 13.2. The molecule has 0 saturated carbocycles. The number of halogens is 1. The Morgan fingerprint density at radius 1 is 1.12 bits per heavy atom. The maximum atomic E-state index is 13.2. The second-order valence-electron chi connectivity index (χ2n) is 4.82. The first-order valence-corrected chi connectivity index (χ1v) is 6.88. The number of nitrogens with one attached hydrogen (secondary N) is 1. The van der Waals surface area contributed by atoms with Crippen molar-refractivity contribution in [2.75, 3.05) is 19.5 Å². The molecule has 8 nitrogen and oxygen atoms in total. The number of esters is 1. The molecule has 25 heavy (non-hydrogen) atoms. The number of hydrogen-bond donors (Lipinski definition) is 1. The van der Waals surface area contributed by atoms with Crippen LogP contribution in [0.15, 0.2) is 36.4 Å². The number of ether oxygens (including phenoxy) is 2. The van der Waals surface area contributed by atoms with E-state index in [9.17, 15) is 24.1 Å². The standard InChI is InChI=1S/C16H13FN2O6/c1-24-14-8-11(17)3-4-13(14)18-15(20)9-5-10(16(21)25-2)7-12(6-9)19(22)23/h3-8H,1-2H3,(H,18,20). The van der Waals surface area contributed by atoms with Crippen LogP contribution in [0.5, 0.6) is 5.75 Å². The molecule has 0 aliphatic rings. The Balaban J connectivity index is 2.40. The number of nitro groups is 1. The molecular weight excluding hydrogens is 335 g/mol. The summed E-state index contributed by atoms with van der Waals surface area (Å²) >= 11 is 0. The number of benzene rings is 2. The highest BCUT2D eigenvalue weighted by Gasteiger charge is 2.19. The number of amides is 1. The molecule has 0 heterocycles. The summed E-state index contributed by atoms with van der Waals surface area (Å²) in [6, 6.07) is 6.64. The van der Waals surface area contributed by atoms with Crippen LogP contribution in [-0.2, 0) is 4.74 Å². The Morgan fingerprint density at radius 3 is 2.40 bits per heavy atom. The van der Waals surface area contributed by atoms with Gasteiger partial charge in [0, 0.05) is 23.8 Å². The fourth-order valence-electron chi connectivity index (χ4n) is 2.05. The molecule has 130 valence electrons. The van der Waals surface area contributed by atoms with Crippen LogP contribution in [0, 0.1) is 15.9 Å². The van der Waals surface area contributed by atoms with Crippen molar-refractivity contribution in [3.05, 3.63) is 63.5 Å². The number of carbonyl (C=O) groups is 2. The third kappa shape index (κ3) is 4.08. The number of nitro benzene ring substituents is 1. The Bertz CT molecular complexity index is 853. The highest BCUT2D eigenvalue weighted by Crippen LogP contribution is 2.26. The van der Waals surface area contributed by atoms with E-state index in [1.54, 1.807) is 0 Å². The molecule has 0 unspecified atom stereocenters. The van der Waals surface area contributed by atoms with Crippen LogP contribution in [0.1, 0.15) is 20.7 Å². The molecule has 9 heteroatoms. The van der Waals surface area contributed by atoms with E-state index < -0.39 is 28.3 Å². The monoisotopic (exact) mass is 348 g/mol. The average Bonchev–Trinajstić information content (AvgIpc) is 2.61. The van der Waals surface area contributed by atoms with Crippen LogP contribution >= 0.6 is 0 Å². The second kappa shape index (κ2) is 7.39. The lowest BCUT2D eigenvalue weighted by Gasteiger charge is -2.10. The maximum absolute atomic E-state index is 13.2. The minimum atomic E-state index is -0.822. The fourth-order valence-corrected chi connectivity index (χ4v) is 2.05. The van der Waals surface area contributed by atoms with E-state index in [2.05, 4.69) is 10.1 Å². The van der Waals surface area contributed by atoms with Crippen LogP contribution in [-0.4, -0.2) is 31.0 Å². The Hall–Kier alpha value is -3.49. The van der Waals surface area contributed by atoms with Gasteiger partial charge in [-0.15, -0.1) is 0 Å². The van der Waals surface area contributed by atoms with Crippen molar-refractivity contribution >= 4 is 23.3 Å². The summed E-state index contributed by atoms with van der Waals surface area (Å²) in [7, 11) is 2.41. The van der Waals surface area contributed by atoms with Gasteiger partial charge in [-0.3, -0.25) is 14.9 Å². The summed E-state index contributed by atoms with van der Waals surface area (Å²) in [5.74, 6) is -2.04. The predicted octanol–water partition coefficient (Wildman–Crippen LogP) is 2.78. The van der Waals surface area contributed by atoms with E-state index >= 15 is 0 Å². The lowest BCUT2D eigenvalue weighted by molar-refractivity contribution is -0.384. The van der Waals surface area contributed by atoms with Gasteiger partial charge in [0.2, 0.25) is 0 Å². The normalized spacial score (nSPS) is 10.0. The summed E-state index contributed by atoms with van der Waals surface area (Å²) in [5, 5.41) is 13.4. The van der Waals surface area contributed by atoms with Gasteiger partial charge in [-0.1, -0.05) is 0 Å². The largest absolute Gasteiger partial charge is 0.494 e. The lowest BCUT2D eigenvalue weighted by atomic mass is 10.1. The molecule has 0 radical (unpaired) electrons. The number of hydrogen-bond acceptors (Lipinski definition) is 6. The van der Waals surface area contributed by atoms with Crippen molar-refractivity contribution in [1.82, 2.24) is 0 Å². The van der Waals surface area contributed by atoms with E-state index in [-0.39, 0.29) is 22.6 Å². The zero-order chi connectivity index (χ0) is 18.6. The first-order valence-electron chi connectivity index (χ1n) is 6.88. The molecule has 1 N–H and O–H groups in total. The predicted molar refractivity (Wildman–Crippen MR) is 85.3 cm³/mol. The topological polar surface area (TPSA) is 108 Å². The van der Waals surface area contributed by atoms with Crippen molar-refractivity contribution in [1.29, 1.82) is 0 Å². The van der Waals surface area contributed by atoms with Crippen LogP contribution in [0.25, 0.3) is 0 Å². The van der Waals surface area contributed by atoms with Gasteiger partial charge in [0.1, 0.15) is 11.6 Å². The highest BCUT2D eigenvalue weighted by atomic mass is 19.1. The molecule has 2 rings (SSSR count). The Morgan fingerprint density at radius 2 is 1.80 bits per heavy atom. The van der Waals surface area contributed by atoms with Gasteiger partial charge in [-0.2, -0.15) is 0 Å². The molecule has 0 spiro atoms. The second-order valence-corrected chi connectivity index (χ2v) is 4.82. The third-order valence-corrected chi connectivity index (χ3v) is 3.22. The van der Waals surface area contributed by atoms with Crippen LogP contribution < -0.4 is 10.1 Å². The number of anilines is 1. The third-order valence-electron chi connectivity index (χ3n) is 3.22. The molecule has 0 aliphatic carbocycles. The quantitative estimate of drug-likeness (QED) is 0.506. The number of non-ortho nitro benzene ring substituents is 1. The van der Waals surface area contributed by atoms with Crippen molar-refractivity contribution in [3.8, 4) is 5.75 Å². The van der Waals surface area contributed by atoms with E-state index in [0.717, 1.165) is 37.4 Å². The first-order chi connectivity index (χ1) is 11.8. The van der Waals surface area contributed by atoms with Crippen LogP contribution in [0.3, 0.4) is 0 Å². The Labute approximate surface area is 141 Å². The molecule has 0 aromatic heterocycles. The highest BCUT2D eigenvalue weighted by molar-refractivity contribution is 6.06. The lowest BCUT2D eigenvalue weighted by Crippen LogP contribution is -2.14. The number of methoxy groups -OCH3 is 2. The minimum Gasteiger partial charge on any atom is -0.494 e. The number of rotatable bonds is 5. The summed E-state index contributed by atoms with van der Waals surface area (Å²) in [6.07, 6.45) is 0. The van der Waals surface area contributed by atoms with E-state index in [1.165, 1.54) is 13.2 Å². The summed E-state index contributed by atoms with van der Waals surface area (Å²) in [5.41, 5.74) is -0.562. The van der Waals surface area contributed by atoms with Gasteiger partial charge < -0.3 is 14.8 Å². The van der Waals surface area contributed by atoms with Gasteiger partial charge >= 0.3 is 5.97 Å². The van der Waals surface area contributed by atoms with Gasteiger partial charge in [0.15, 0.2) is 0 Å². The zero-order valence-electron chi connectivity index (χ0n) is 13.2. The van der Waals surface area contributed by atoms with E-state index in [4.69, 9.17) is 4.74 Å². The fraction of sp³-hybridized carbons (Fsp3) is 0.125. The van der Waals surface area contributed by atoms with Crippen molar-refractivity contribution in [2.45, 2.75) is 0 Å². The van der Waals surface area contributed by atoms with E-state index in [0.29, 0.717) is 0 Å². The number of carbonyl (C=O) groups excluding carboxylic acids is 2. The molecule has 0 aliphatic heterocycles. The first kappa shape index (κ1) is 17.9. The molecule has 0 bridgehead atoms. The molecule has 0 saturated heterocycles. The van der Waals surface area contributed by atoms with Gasteiger partial charge in [-0.25, -0.2) is 9.18 Å². The molecule has 0 fully saturated rings. The SMILES string of the molecule is COC(=O)c1cc(C(=O)Nc2ccc(F)cc2OC)cc([N+](=O)[O-])c1. The molecule has 2 aromatic carbocycles. The molecular formula is C16H13FN2O6. The Kier molecular flexibility index (Phi) is 5.28. The van der Waals surface area contributed by atoms with Crippen molar-refractivity contribution < 1.29 is 28.4 Å². The van der Waals surface area contributed by atoms with Gasteiger partial charge in [-0.05, 0) is 18.2 Å². The number of nitrogens with zero attached hydrogens (tertiary/aromatic N) is 1. The van der Waals surface area contributed by atoms with Gasteiger partial charge in [0.05, 0.1) is 30.4 Å². The average molecular weight is 348 g/mol. The van der Waals surface area contributed by atoms with Gasteiger partial charge in [0.25, 0.3) is 11.6 Å². The summed E-state index contributed by atoms with van der Waals surface area (Å²) < 4.78 is 22.7. The van der Waals surface area contributed by atoms with Crippen molar-refractivity contribution in [2.24, 2.45) is 0 Å².